The number of carbonyl (C=O) groups is 2. The molecular formula is C22H24N4O5. The third-order valence-corrected chi connectivity index (χ3v) is 5.53. The second-order valence-electron chi connectivity index (χ2n) is 7.50. The number of imidazole rings is 1. The fraction of sp³-hybridized carbons (Fsp3) is 0.318. The quantitative estimate of drug-likeness (QED) is 0.581. The van der Waals surface area contributed by atoms with Crippen molar-refractivity contribution in [1.29, 1.82) is 0 Å². The van der Waals surface area contributed by atoms with Gasteiger partial charge in [-0.05, 0) is 43.2 Å². The summed E-state index contributed by atoms with van der Waals surface area (Å²) < 4.78 is 10.5. The van der Waals surface area contributed by atoms with Crippen molar-refractivity contribution in [2.45, 2.75) is 12.8 Å². The third kappa shape index (κ3) is 4.40. The van der Waals surface area contributed by atoms with Crippen LogP contribution in [0.3, 0.4) is 0 Å². The van der Waals surface area contributed by atoms with E-state index in [2.05, 4.69) is 15.3 Å². The van der Waals surface area contributed by atoms with Gasteiger partial charge in [0.05, 0.1) is 25.3 Å². The highest BCUT2D eigenvalue weighted by atomic mass is 16.5. The lowest BCUT2D eigenvalue weighted by atomic mass is 9.95. The number of rotatable bonds is 5. The van der Waals surface area contributed by atoms with Gasteiger partial charge in [-0.2, -0.15) is 0 Å². The largest absolute Gasteiger partial charge is 0.497 e. The van der Waals surface area contributed by atoms with Gasteiger partial charge in [0.2, 0.25) is 5.91 Å². The van der Waals surface area contributed by atoms with Crippen molar-refractivity contribution in [2.24, 2.45) is 5.92 Å². The van der Waals surface area contributed by atoms with Crippen LogP contribution < -0.4 is 20.5 Å². The Morgan fingerprint density at radius 1 is 0.968 bits per heavy atom. The molecule has 0 atom stereocenters. The Labute approximate surface area is 178 Å². The van der Waals surface area contributed by atoms with Crippen LogP contribution in [-0.4, -0.2) is 54.0 Å². The van der Waals surface area contributed by atoms with E-state index in [0.29, 0.717) is 59.7 Å². The van der Waals surface area contributed by atoms with Crippen LogP contribution in [0.5, 0.6) is 11.5 Å². The Hall–Kier alpha value is -3.75. The number of fused-ring (bicyclic) bond motifs is 1. The molecule has 2 aromatic carbocycles. The van der Waals surface area contributed by atoms with Gasteiger partial charge in [0.25, 0.3) is 5.91 Å². The van der Waals surface area contributed by atoms with Gasteiger partial charge in [-0.15, -0.1) is 0 Å². The first kappa shape index (κ1) is 20.5. The molecule has 1 aromatic heterocycles. The molecule has 3 N–H and O–H groups in total. The summed E-state index contributed by atoms with van der Waals surface area (Å²) in [4.78, 5) is 44.1. The lowest BCUT2D eigenvalue weighted by Gasteiger charge is -2.31. The first-order chi connectivity index (χ1) is 15.0. The summed E-state index contributed by atoms with van der Waals surface area (Å²) in [5.74, 6) is 0.713. The van der Waals surface area contributed by atoms with Gasteiger partial charge in [0.15, 0.2) is 0 Å². The van der Waals surface area contributed by atoms with Gasteiger partial charge < -0.3 is 29.7 Å². The first-order valence-electron chi connectivity index (χ1n) is 10.0. The molecule has 9 nitrogen and oxygen atoms in total. The molecule has 0 unspecified atom stereocenters. The van der Waals surface area contributed by atoms with Gasteiger partial charge in [0.1, 0.15) is 11.5 Å². The van der Waals surface area contributed by atoms with E-state index >= 15 is 0 Å². The van der Waals surface area contributed by atoms with Crippen molar-refractivity contribution in [3.05, 3.63) is 52.4 Å². The molecule has 1 aliphatic heterocycles. The SMILES string of the molecule is COc1cc(OC)cc(C(=O)N2CCC(C(=O)Nc3ccc4[nH]c(=O)[nH]c4c3)CC2)c1. The molecule has 0 saturated carbocycles. The van der Waals surface area contributed by atoms with E-state index in [4.69, 9.17) is 9.47 Å². The van der Waals surface area contributed by atoms with Gasteiger partial charge in [-0.25, -0.2) is 4.79 Å². The summed E-state index contributed by atoms with van der Waals surface area (Å²) in [5.41, 5.74) is 2.15. The van der Waals surface area contributed by atoms with Crippen LogP contribution in [0.15, 0.2) is 41.2 Å². The van der Waals surface area contributed by atoms with E-state index in [1.54, 1.807) is 55.5 Å². The minimum absolute atomic E-state index is 0.0904. The average molecular weight is 424 g/mol. The van der Waals surface area contributed by atoms with E-state index in [1.165, 1.54) is 0 Å². The molecule has 3 aromatic rings. The summed E-state index contributed by atoms with van der Waals surface area (Å²) in [6.45, 7) is 0.973. The summed E-state index contributed by atoms with van der Waals surface area (Å²) in [6, 6.07) is 10.3. The van der Waals surface area contributed by atoms with Crippen LogP contribution in [0.4, 0.5) is 5.69 Å². The normalized spacial score (nSPS) is 14.5. The number of aromatic nitrogens is 2. The number of benzene rings is 2. The number of carbonyl (C=O) groups excluding carboxylic acids is 2. The molecule has 1 aliphatic rings. The minimum Gasteiger partial charge on any atom is -0.497 e. The van der Waals surface area contributed by atoms with E-state index < -0.39 is 0 Å². The molecule has 0 bridgehead atoms. The third-order valence-electron chi connectivity index (χ3n) is 5.53. The number of ether oxygens (including phenoxy) is 2. The van der Waals surface area contributed by atoms with Crippen LogP contribution in [0.2, 0.25) is 0 Å². The molecule has 31 heavy (non-hydrogen) atoms. The second kappa shape index (κ2) is 8.55. The molecule has 4 rings (SSSR count). The van der Waals surface area contributed by atoms with Gasteiger partial charge in [0, 0.05) is 36.3 Å². The lowest BCUT2D eigenvalue weighted by Crippen LogP contribution is -2.41. The number of hydrogen-bond acceptors (Lipinski definition) is 5. The zero-order valence-corrected chi connectivity index (χ0v) is 17.4. The Kier molecular flexibility index (Phi) is 5.66. The van der Waals surface area contributed by atoms with Crippen molar-refractivity contribution >= 4 is 28.5 Å². The number of nitrogens with zero attached hydrogens (tertiary/aromatic N) is 1. The zero-order chi connectivity index (χ0) is 22.0. The second-order valence-corrected chi connectivity index (χ2v) is 7.50. The summed E-state index contributed by atoms with van der Waals surface area (Å²) in [7, 11) is 3.08. The molecule has 9 heteroatoms. The zero-order valence-electron chi connectivity index (χ0n) is 17.4. The molecule has 2 heterocycles. The summed E-state index contributed by atoms with van der Waals surface area (Å²) >= 11 is 0. The maximum atomic E-state index is 12.9. The number of likely N-dealkylation sites (tertiary alicyclic amines) is 1. The molecule has 1 saturated heterocycles. The number of H-pyrrole nitrogens is 2. The predicted octanol–water partition coefficient (Wildman–Crippen LogP) is 2.36. The highest BCUT2D eigenvalue weighted by Crippen LogP contribution is 2.26. The van der Waals surface area contributed by atoms with Crippen molar-refractivity contribution in [1.82, 2.24) is 14.9 Å². The van der Waals surface area contributed by atoms with E-state index in [1.807, 2.05) is 0 Å². The number of methoxy groups -OCH3 is 2. The Balaban J connectivity index is 1.38. The predicted molar refractivity (Wildman–Crippen MR) is 116 cm³/mol. The Morgan fingerprint density at radius 2 is 1.61 bits per heavy atom. The molecule has 162 valence electrons. The fourth-order valence-corrected chi connectivity index (χ4v) is 3.81. The molecule has 0 aliphatic carbocycles. The van der Waals surface area contributed by atoms with E-state index in [0.717, 1.165) is 0 Å². The molecular weight excluding hydrogens is 400 g/mol. The van der Waals surface area contributed by atoms with Gasteiger partial charge in [-0.1, -0.05) is 0 Å². The highest BCUT2D eigenvalue weighted by molar-refractivity contribution is 5.96. The van der Waals surface area contributed by atoms with Crippen LogP contribution in [0.1, 0.15) is 23.2 Å². The number of hydrogen-bond donors (Lipinski definition) is 3. The lowest BCUT2D eigenvalue weighted by molar-refractivity contribution is -0.121. The van der Waals surface area contributed by atoms with Crippen LogP contribution in [0, 0.1) is 5.92 Å². The molecule has 1 fully saturated rings. The number of piperidine rings is 1. The van der Waals surface area contributed by atoms with Crippen LogP contribution >= 0.6 is 0 Å². The first-order valence-corrected chi connectivity index (χ1v) is 10.0. The number of aromatic amines is 2. The van der Waals surface area contributed by atoms with Gasteiger partial charge in [-0.3, -0.25) is 9.59 Å². The summed E-state index contributed by atoms with van der Waals surface area (Å²) in [6.07, 6.45) is 1.14. The monoisotopic (exact) mass is 424 g/mol. The minimum atomic E-state index is -0.288. The van der Waals surface area contributed by atoms with Crippen molar-refractivity contribution < 1.29 is 19.1 Å². The Bertz CT molecular complexity index is 1150. The van der Waals surface area contributed by atoms with Crippen molar-refractivity contribution in [2.75, 3.05) is 32.6 Å². The van der Waals surface area contributed by atoms with Crippen molar-refractivity contribution in [3.8, 4) is 11.5 Å². The van der Waals surface area contributed by atoms with E-state index in [9.17, 15) is 14.4 Å². The van der Waals surface area contributed by atoms with Crippen LogP contribution in [-0.2, 0) is 4.79 Å². The van der Waals surface area contributed by atoms with E-state index in [-0.39, 0.29) is 23.4 Å². The topological polar surface area (TPSA) is 117 Å². The fourth-order valence-electron chi connectivity index (χ4n) is 3.81. The van der Waals surface area contributed by atoms with Gasteiger partial charge >= 0.3 is 5.69 Å². The summed E-state index contributed by atoms with van der Waals surface area (Å²) in [5, 5.41) is 2.91. The standard InChI is InChI=1S/C22H24N4O5/c1-30-16-9-14(10-17(12-16)31-2)21(28)26-7-5-13(6-8-26)20(27)23-15-3-4-18-19(11-15)25-22(29)24-18/h3-4,9-13H,5-8H2,1-2H3,(H,23,27)(H2,24,25,29). The van der Waals surface area contributed by atoms with Crippen molar-refractivity contribution in [3.63, 3.8) is 0 Å². The Morgan fingerprint density at radius 3 is 2.26 bits per heavy atom. The van der Waals surface area contributed by atoms with Crippen LogP contribution in [0.25, 0.3) is 11.0 Å². The highest BCUT2D eigenvalue weighted by Gasteiger charge is 2.28. The number of amides is 2. The number of anilines is 1. The number of nitrogens with one attached hydrogen (secondary N) is 3. The smallest absolute Gasteiger partial charge is 0.323 e. The maximum Gasteiger partial charge on any atom is 0.323 e. The molecule has 0 radical (unpaired) electrons. The average Bonchev–Trinajstić information content (AvgIpc) is 3.17. The maximum absolute atomic E-state index is 12.9. The molecule has 0 spiro atoms. The molecule has 2 amide bonds.